The van der Waals surface area contributed by atoms with E-state index in [0.717, 1.165) is 11.0 Å². The van der Waals surface area contributed by atoms with Gasteiger partial charge in [-0.05, 0) is 37.6 Å². The Balaban J connectivity index is 2.64. The Morgan fingerprint density at radius 1 is 1.25 bits per heavy atom. The summed E-state index contributed by atoms with van der Waals surface area (Å²) in [6.45, 7) is 3.84. The summed E-state index contributed by atoms with van der Waals surface area (Å²) in [5.74, 6) is 0. The van der Waals surface area contributed by atoms with Gasteiger partial charge in [0, 0.05) is 6.04 Å². The van der Waals surface area contributed by atoms with Crippen molar-refractivity contribution in [3.05, 3.63) is 46.6 Å². The molecule has 6 heteroatoms. The van der Waals surface area contributed by atoms with Crippen LogP contribution in [0.5, 0.6) is 0 Å². The van der Waals surface area contributed by atoms with Crippen molar-refractivity contribution in [1.82, 2.24) is 14.0 Å². The maximum Gasteiger partial charge on any atom is 0.278 e. The van der Waals surface area contributed by atoms with Crippen molar-refractivity contribution in [2.45, 2.75) is 19.9 Å². The van der Waals surface area contributed by atoms with Crippen LogP contribution in [0.4, 0.5) is 0 Å². The summed E-state index contributed by atoms with van der Waals surface area (Å²) in [4.78, 5) is 28.1. The molecule has 0 spiro atoms. The third-order valence-electron chi connectivity index (χ3n) is 3.29. The first-order valence-corrected chi connectivity index (χ1v) is 6.60. The predicted molar refractivity (Wildman–Crippen MR) is 77.5 cm³/mol. The third kappa shape index (κ3) is 1.67. The van der Waals surface area contributed by atoms with Crippen LogP contribution in [0.1, 0.15) is 30.4 Å². The predicted octanol–water partition coefficient (Wildman–Crippen LogP) is 2.61. The molecule has 0 aliphatic carbocycles. The molecule has 5 nitrogen and oxygen atoms in total. The minimum Gasteiger partial charge on any atom is -0.302 e. The highest BCUT2D eigenvalue weighted by Crippen LogP contribution is 2.19. The van der Waals surface area contributed by atoms with Crippen molar-refractivity contribution in [1.29, 1.82) is 0 Å². The molecule has 20 heavy (non-hydrogen) atoms. The number of rotatable bonds is 2. The van der Waals surface area contributed by atoms with Gasteiger partial charge in [0.25, 0.3) is 10.8 Å². The normalized spacial score (nSPS) is 11.6. The zero-order valence-corrected chi connectivity index (χ0v) is 11.8. The van der Waals surface area contributed by atoms with Gasteiger partial charge in [-0.15, -0.1) is 0 Å². The SMILES string of the molecule is CC(C)n1c(=O)c2c(C(=O)Cl)ncn2c2ccccc21. The van der Waals surface area contributed by atoms with Crippen LogP contribution in [0, 0.1) is 0 Å². The number of imidazole rings is 1. The van der Waals surface area contributed by atoms with Crippen molar-refractivity contribution in [2.24, 2.45) is 0 Å². The Kier molecular flexibility index (Phi) is 2.87. The number of aromatic nitrogens is 3. The van der Waals surface area contributed by atoms with Crippen LogP contribution in [-0.4, -0.2) is 19.2 Å². The lowest BCUT2D eigenvalue weighted by Crippen LogP contribution is -2.25. The number of hydrogen-bond acceptors (Lipinski definition) is 3. The van der Waals surface area contributed by atoms with E-state index in [4.69, 9.17) is 11.6 Å². The molecular weight excluding hydrogens is 278 g/mol. The minimum absolute atomic E-state index is 0.00294. The lowest BCUT2D eigenvalue weighted by molar-refractivity contribution is 0.107. The van der Waals surface area contributed by atoms with Crippen molar-refractivity contribution in [3.63, 3.8) is 0 Å². The zero-order chi connectivity index (χ0) is 14.4. The first-order valence-electron chi connectivity index (χ1n) is 6.22. The van der Waals surface area contributed by atoms with E-state index in [1.807, 2.05) is 38.1 Å². The van der Waals surface area contributed by atoms with Gasteiger partial charge >= 0.3 is 0 Å². The van der Waals surface area contributed by atoms with Gasteiger partial charge in [-0.1, -0.05) is 12.1 Å². The molecule has 3 rings (SSSR count). The summed E-state index contributed by atoms with van der Waals surface area (Å²) in [7, 11) is 0. The van der Waals surface area contributed by atoms with Crippen molar-refractivity contribution in [2.75, 3.05) is 0 Å². The second-order valence-electron chi connectivity index (χ2n) is 4.84. The van der Waals surface area contributed by atoms with Gasteiger partial charge in [0.15, 0.2) is 5.69 Å². The summed E-state index contributed by atoms with van der Waals surface area (Å²) in [6.07, 6.45) is 1.46. The van der Waals surface area contributed by atoms with Gasteiger partial charge in [0.05, 0.1) is 11.0 Å². The quantitative estimate of drug-likeness (QED) is 0.681. The van der Waals surface area contributed by atoms with Gasteiger partial charge in [-0.2, -0.15) is 0 Å². The summed E-state index contributed by atoms with van der Waals surface area (Å²) in [5, 5.41) is -0.727. The van der Waals surface area contributed by atoms with E-state index in [9.17, 15) is 9.59 Å². The lowest BCUT2D eigenvalue weighted by Gasteiger charge is -2.15. The van der Waals surface area contributed by atoms with Gasteiger partial charge in [-0.3, -0.25) is 14.0 Å². The smallest absolute Gasteiger partial charge is 0.278 e. The molecule has 0 aliphatic rings. The van der Waals surface area contributed by atoms with E-state index >= 15 is 0 Å². The largest absolute Gasteiger partial charge is 0.302 e. The molecule has 0 unspecified atom stereocenters. The summed E-state index contributed by atoms with van der Waals surface area (Å²) < 4.78 is 3.27. The Labute approximate surface area is 119 Å². The standard InChI is InChI=1S/C14H12ClN3O2/c1-8(2)18-10-6-4-3-5-9(10)17-7-16-11(13(15)19)12(17)14(18)20/h3-8H,1-2H3. The van der Waals surface area contributed by atoms with Crippen molar-refractivity contribution >= 4 is 33.4 Å². The number of fused-ring (bicyclic) bond motifs is 3. The first kappa shape index (κ1) is 12.9. The molecule has 0 amide bonds. The minimum atomic E-state index is -0.727. The summed E-state index contributed by atoms with van der Waals surface area (Å²) in [5.41, 5.74) is 1.56. The Bertz CT molecular complexity index is 892. The van der Waals surface area contributed by atoms with Gasteiger partial charge in [0.1, 0.15) is 11.8 Å². The Hall–Kier alpha value is -2.14. The van der Waals surface area contributed by atoms with Crippen LogP contribution in [0.2, 0.25) is 0 Å². The van der Waals surface area contributed by atoms with Crippen molar-refractivity contribution in [3.8, 4) is 0 Å². The molecule has 0 saturated heterocycles. The van der Waals surface area contributed by atoms with E-state index in [2.05, 4.69) is 4.98 Å². The highest BCUT2D eigenvalue weighted by atomic mass is 35.5. The molecule has 0 fully saturated rings. The maximum atomic E-state index is 12.7. The van der Waals surface area contributed by atoms with Gasteiger partial charge in [-0.25, -0.2) is 4.98 Å². The van der Waals surface area contributed by atoms with Crippen LogP contribution in [0.15, 0.2) is 35.4 Å². The molecule has 0 atom stereocenters. The van der Waals surface area contributed by atoms with E-state index in [0.29, 0.717) is 0 Å². The number of hydrogen-bond donors (Lipinski definition) is 0. The highest BCUT2D eigenvalue weighted by molar-refractivity contribution is 6.68. The number of carbonyl (C=O) groups excluding carboxylic acids is 1. The molecule has 2 heterocycles. The molecule has 1 aromatic carbocycles. The number of carbonyl (C=O) groups is 1. The van der Waals surface area contributed by atoms with Gasteiger partial charge in [0.2, 0.25) is 0 Å². The van der Waals surface area contributed by atoms with E-state index < -0.39 is 5.24 Å². The molecule has 3 aromatic rings. The van der Waals surface area contributed by atoms with Crippen LogP contribution >= 0.6 is 11.6 Å². The molecule has 0 radical (unpaired) electrons. The van der Waals surface area contributed by atoms with E-state index in [-0.39, 0.29) is 22.8 Å². The lowest BCUT2D eigenvalue weighted by atomic mass is 10.2. The summed E-state index contributed by atoms with van der Waals surface area (Å²) >= 11 is 5.52. The monoisotopic (exact) mass is 289 g/mol. The highest BCUT2D eigenvalue weighted by Gasteiger charge is 2.19. The number of para-hydroxylation sites is 2. The topological polar surface area (TPSA) is 56.4 Å². The second-order valence-corrected chi connectivity index (χ2v) is 5.19. The fraction of sp³-hybridized carbons (Fsp3) is 0.214. The molecule has 2 aromatic heterocycles. The zero-order valence-electron chi connectivity index (χ0n) is 11.0. The summed E-state index contributed by atoms with van der Waals surface area (Å²) in [6, 6.07) is 7.46. The fourth-order valence-electron chi connectivity index (χ4n) is 2.49. The molecule has 0 N–H and O–H groups in total. The molecule has 0 saturated carbocycles. The molecular formula is C14H12ClN3O2. The molecule has 0 bridgehead atoms. The Morgan fingerprint density at radius 3 is 2.50 bits per heavy atom. The average molecular weight is 290 g/mol. The van der Waals surface area contributed by atoms with Crippen LogP contribution < -0.4 is 5.56 Å². The van der Waals surface area contributed by atoms with Gasteiger partial charge < -0.3 is 4.57 Å². The molecule has 0 aliphatic heterocycles. The number of halogens is 1. The van der Waals surface area contributed by atoms with Crippen LogP contribution in [-0.2, 0) is 0 Å². The van der Waals surface area contributed by atoms with Crippen molar-refractivity contribution < 1.29 is 4.79 Å². The maximum absolute atomic E-state index is 12.7. The number of nitrogens with zero attached hydrogens (tertiary/aromatic N) is 3. The third-order valence-corrected chi connectivity index (χ3v) is 3.47. The molecule has 102 valence electrons. The van der Waals surface area contributed by atoms with Crippen LogP contribution in [0.3, 0.4) is 0 Å². The van der Waals surface area contributed by atoms with E-state index in [1.54, 1.807) is 8.97 Å². The van der Waals surface area contributed by atoms with Crippen LogP contribution in [0.25, 0.3) is 16.6 Å². The second kappa shape index (κ2) is 4.45. The van der Waals surface area contributed by atoms with E-state index in [1.165, 1.54) is 6.33 Å². The first-order chi connectivity index (χ1) is 9.52. The number of benzene rings is 1. The Morgan fingerprint density at radius 2 is 1.90 bits per heavy atom. The fourth-order valence-corrected chi connectivity index (χ4v) is 2.63. The average Bonchev–Trinajstić information content (AvgIpc) is 2.84.